The van der Waals surface area contributed by atoms with Crippen LogP contribution in [0.1, 0.15) is 29.5 Å². The molecule has 0 amide bonds. The second-order valence-corrected chi connectivity index (χ2v) is 8.64. The summed E-state index contributed by atoms with van der Waals surface area (Å²) in [7, 11) is 0. The van der Waals surface area contributed by atoms with E-state index >= 15 is 0 Å². The van der Waals surface area contributed by atoms with Crippen LogP contribution in [-0.4, -0.2) is 33.0 Å². The van der Waals surface area contributed by atoms with Crippen LogP contribution in [0.2, 0.25) is 0 Å². The number of nitriles is 1. The van der Waals surface area contributed by atoms with E-state index in [1.807, 2.05) is 24.3 Å². The Hall–Kier alpha value is -4.71. The van der Waals surface area contributed by atoms with Crippen molar-refractivity contribution in [2.24, 2.45) is 0 Å². The molecular formula is C27H27N9. The number of rotatable bonds is 2. The predicted octanol–water partition coefficient (Wildman–Crippen LogP) is 4.16. The number of hydrogen-bond acceptors (Lipinski definition) is 9. The van der Waals surface area contributed by atoms with Gasteiger partial charge >= 0.3 is 0 Å². The minimum Gasteiger partial charge on any atom is -0.384 e. The summed E-state index contributed by atoms with van der Waals surface area (Å²) in [6.45, 7) is 1.82. The number of benzene rings is 2. The maximum absolute atomic E-state index is 9.24. The summed E-state index contributed by atoms with van der Waals surface area (Å²) in [5, 5.41) is 9.24. The van der Waals surface area contributed by atoms with Gasteiger partial charge in [-0.05, 0) is 48.9 Å². The molecule has 4 heterocycles. The van der Waals surface area contributed by atoms with Gasteiger partial charge in [-0.1, -0.05) is 36.4 Å². The van der Waals surface area contributed by atoms with E-state index < -0.39 is 0 Å². The van der Waals surface area contributed by atoms with Crippen LogP contribution in [-0.2, 0) is 12.8 Å². The minimum atomic E-state index is 0.232. The highest BCUT2D eigenvalue weighted by Gasteiger charge is 2.22. The van der Waals surface area contributed by atoms with E-state index in [4.69, 9.17) is 11.5 Å². The Morgan fingerprint density at radius 2 is 1.36 bits per heavy atom. The number of nitrogen functional groups attached to an aromatic ring is 2. The van der Waals surface area contributed by atoms with Crippen molar-refractivity contribution in [1.29, 1.82) is 5.26 Å². The van der Waals surface area contributed by atoms with Gasteiger partial charge in [0.15, 0.2) is 5.82 Å². The van der Waals surface area contributed by atoms with Crippen molar-refractivity contribution in [3.05, 3.63) is 83.9 Å². The highest BCUT2D eigenvalue weighted by molar-refractivity contribution is 5.73. The Bertz CT molecular complexity index is 1410. The lowest BCUT2D eigenvalue weighted by Crippen LogP contribution is -2.26. The van der Waals surface area contributed by atoms with E-state index in [0.717, 1.165) is 50.3 Å². The second-order valence-electron chi connectivity index (χ2n) is 8.64. The molecule has 0 saturated heterocycles. The summed E-state index contributed by atoms with van der Waals surface area (Å²) in [6.07, 6.45) is 7.28. The third-order valence-electron chi connectivity index (χ3n) is 6.39. The first kappa shape index (κ1) is 23.1. The van der Waals surface area contributed by atoms with Gasteiger partial charge in [0.05, 0.1) is 0 Å². The van der Waals surface area contributed by atoms with Gasteiger partial charge in [0.2, 0.25) is 0 Å². The minimum absolute atomic E-state index is 0.232. The third-order valence-corrected chi connectivity index (χ3v) is 6.39. The molecule has 0 aliphatic carbocycles. The molecule has 0 atom stereocenters. The number of anilines is 6. The fourth-order valence-corrected chi connectivity index (χ4v) is 4.74. The number of nitrogens with two attached hydrogens (primary N) is 2. The zero-order valence-electron chi connectivity index (χ0n) is 19.9. The molecule has 4 N–H and O–H groups in total. The van der Waals surface area contributed by atoms with Crippen molar-refractivity contribution in [3.8, 4) is 6.07 Å². The van der Waals surface area contributed by atoms with Gasteiger partial charge in [0.25, 0.3) is 0 Å². The zero-order valence-corrected chi connectivity index (χ0v) is 19.9. The Morgan fingerprint density at radius 1 is 0.750 bits per heavy atom. The average Bonchev–Trinajstić information content (AvgIpc) is 2.92. The first-order valence-electron chi connectivity index (χ1n) is 11.9. The van der Waals surface area contributed by atoms with Crippen LogP contribution in [0.15, 0.2) is 67.3 Å². The zero-order chi connectivity index (χ0) is 24.9. The smallest absolute Gasteiger partial charge is 0.156 e. The van der Waals surface area contributed by atoms with E-state index in [0.29, 0.717) is 17.2 Å². The van der Waals surface area contributed by atoms with Crippen molar-refractivity contribution in [3.63, 3.8) is 0 Å². The van der Waals surface area contributed by atoms with E-state index in [-0.39, 0.29) is 5.82 Å². The summed E-state index contributed by atoms with van der Waals surface area (Å²) < 4.78 is 0. The average molecular weight is 478 g/mol. The lowest BCUT2D eigenvalue weighted by atomic mass is 10.0. The molecule has 9 nitrogen and oxygen atoms in total. The molecule has 0 saturated carbocycles. The van der Waals surface area contributed by atoms with Gasteiger partial charge in [-0.25, -0.2) is 19.9 Å². The van der Waals surface area contributed by atoms with Gasteiger partial charge in [-0.3, -0.25) is 0 Å². The highest BCUT2D eigenvalue weighted by atomic mass is 15.2. The number of hydrogen-bond donors (Lipinski definition) is 2. The van der Waals surface area contributed by atoms with E-state index in [1.54, 1.807) is 0 Å². The fraction of sp³-hybridized carbons (Fsp3) is 0.222. The molecule has 0 spiro atoms. The summed E-state index contributed by atoms with van der Waals surface area (Å²) in [6, 6.07) is 20.5. The quantitative estimate of drug-likeness (QED) is 0.436. The van der Waals surface area contributed by atoms with Crippen LogP contribution in [0, 0.1) is 11.3 Å². The largest absolute Gasteiger partial charge is 0.384 e. The standard InChI is InChI=1S/C14H13N5.C13H14N4/c15-8-11-13(16)17-9-18-14(11)19-7-3-5-10-4-1-2-6-12(10)19;14-12-8-13(16-9-15-12)17-7-3-5-10-4-1-2-6-11(10)17/h1-2,4,6,9H,3,5,7H2,(H2,16,17,18);1-2,4,6,8-9H,3,5,7H2,(H2,14,15,16). The highest BCUT2D eigenvalue weighted by Crippen LogP contribution is 2.35. The molecule has 180 valence electrons. The summed E-state index contributed by atoms with van der Waals surface area (Å²) in [5.41, 5.74) is 16.8. The monoisotopic (exact) mass is 477 g/mol. The molecule has 2 aliphatic heterocycles. The van der Waals surface area contributed by atoms with Crippen LogP contribution >= 0.6 is 0 Å². The number of fused-ring (bicyclic) bond motifs is 2. The number of para-hydroxylation sites is 2. The lowest BCUT2D eigenvalue weighted by Gasteiger charge is -2.30. The topological polar surface area (TPSA) is 134 Å². The van der Waals surface area contributed by atoms with Crippen LogP contribution in [0.25, 0.3) is 0 Å². The van der Waals surface area contributed by atoms with Crippen molar-refractivity contribution in [2.75, 3.05) is 34.4 Å². The first-order chi connectivity index (χ1) is 17.7. The first-order valence-corrected chi connectivity index (χ1v) is 11.9. The van der Waals surface area contributed by atoms with Gasteiger partial charge in [0, 0.05) is 30.5 Å². The third kappa shape index (κ3) is 4.61. The molecule has 2 aromatic heterocycles. The van der Waals surface area contributed by atoms with Crippen molar-refractivity contribution >= 4 is 34.6 Å². The maximum Gasteiger partial charge on any atom is 0.156 e. The number of aromatic nitrogens is 4. The summed E-state index contributed by atoms with van der Waals surface area (Å²) in [4.78, 5) is 20.6. The van der Waals surface area contributed by atoms with Crippen molar-refractivity contribution in [1.82, 2.24) is 19.9 Å². The second kappa shape index (κ2) is 10.3. The Kier molecular flexibility index (Phi) is 6.58. The molecule has 0 bridgehead atoms. The number of nitrogens with zero attached hydrogens (tertiary/aromatic N) is 7. The SMILES string of the molecule is N#Cc1c(N)ncnc1N1CCCc2ccccc21.Nc1cc(N2CCCc3ccccc32)ncn1. The van der Waals surface area contributed by atoms with Crippen molar-refractivity contribution in [2.45, 2.75) is 25.7 Å². The molecule has 0 fully saturated rings. The van der Waals surface area contributed by atoms with E-state index in [1.165, 1.54) is 29.5 Å². The Morgan fingerprint density at radius 3 is 2.03 bits per heavy atom. The van der Waals surface area contributed by atoms with Gasteiger partial charge in [-0.2, -0.15) is 5.26 Å². The predicted molar refractivity (Wildman–Crippen MR) is 141 cm³/mol. The molecule has 0 radical (unpaired) electrons. The van der Waals surface area contributed by atoms with Crippen LogP contribution in [0.3, 0.4) is 0 Å². The Labute approximate surface area is 210 Å². The molecule has 36 heavy (non-hydrogen) atoms. The lowest BCUT2D eigenvalue weighted by molar-refractivity contribution is 0.758. The van der Waals surface area contributed by atoms with Crippen LogP contribution in [0.5, 0.6) is 0 Å². The van der Waals surface area contributed by atoms with Crippen LogP contribution < -0.4 is 21.3 Å². The summed E-state index contributed by atoms with van der Waals surface area (Å²) >= 11 is 0. The Balaban J connectivity index is 0.000000149. The summed E-state index contributed by atoms with van der Waals surface area (Å²) in [5.74, 6) is 2.22. The van der Waals surface area contributed by atoms with Gasteiger partial charge in [-0.15, -0.1) is 0 Å². The van der Waals surface area contributed by atoms with Gasteiger partial charge < -0.3 is 21.3 Å². The van der Waals surface area contributed by atoms with Crippen LogP contribution in [0.4, 0.5) is 34.6 Å². The molecule has 2 aromatic carbocycles. The van der Waals surface area contributed by atoms with E-state index in [2.05, 4.69) is 66.1 Å². The molecule has 9 heteroatoms. The molecule has 4 aromatic rings. The molecule has 0 unspecified atom stereocenters. The van der Waals surface area contributed by atoms with E-state index in [9.17, 15) is 5.26 Å². The fourth-order valence-electron chi connectivity index (χ4n) is 4.74. The maximum atomic E-state index is 9.24. The van der Waals surface area contributed by atoms with Gasteiger partial charge in [0.1, 0.15) is 41.7 Å². The molecular weight excluding hydrogens is 450 g/mol. The van der Waals surface area contributed by atoms with Crippen molar-refractivity contribution < 1.29 is 0 Å². The molecule has 2 aliphatic rings. The normalized spacial score (nSPS) is 14.1. The molecule has 6 rings (SSSR count). The number of aryl methyl sites for hydroxylation is 2.